The Bertz CT molecular complexity index is 5530. The predicted octanol–water partition coefficient (Wildman–Crippen LogP) is 22.0. The van der Waals surface area contributed by atoms with Crippen LogP contribution in [-0.4, -0.2) is 235 Å². The van der Waals surface area contributed by atoms with Crippen molar-refractivity contribution in [2.45, 2.75) is 305 Å². The van der Waals surface area contributed by atoms with E-state index >= 15 is 0 Å². The molecule has 4 unspecified atom stereocenters. The summed E-state index contributed by atoms with van der Waals surface area (Å²) in [6, 6.07) is 34.3. The molecule has 2 aliphatic heterocycles. The van der Waals surface area contributed by atoms with Gasteiger partial charge in [0.1, 0.15) is 29.0 Å². The fourth-order valence-corrected chi connectivity index (χ4v) is 18.9. The summed E-state index contributed by atoms with van der Waals surface area (Å²) >= 11 is 0. The van der Waals surface area contributed by atoms with Gasteiger partial charge in [0.2, 0.25) is 30.1 Å². The number of pyridine rings is 1. The number of hydrogen-bond donors (Lipinski definition) is 2. The van der Waals surface area contributed by atoms with E-state index in [1.807, 2.05) is 104 Å². The molecule has 818 valence electrons. The molecule has 4 aliphatic rings. The van der Waals surface area contributed by atoms with E-state index in [0.717, 1.165) is 163 Å². The van der Waals surface area contributed by atoms with Crippen LogP contribution in [0, 0.1) is 40.3 Å². The lowest BCUT2D eigenvalue weighted by Gasteiger charge is -2.36. The number of halogens is 1. The molecule has 27 nitrogen and oxygen atoms in total. The molecule has 0 bridgehead atoms. The van der Waals surface area contributed by atoms with Gasteiger partial charge in [-0.15, -0.1) is 0 Å². The Kier molecular flexibility index (Phi) is 48.7. The second-order valence-electron chi connectivity index (χ2n) is 47.1. The summed E-state index contributed by atoms with van der Waals surface area (Å²) in [5.41, 5.74) is 8.80. The molecule has 2 N–H and O–H groups in total. The summed E-state index contributed by atoms with van der Waals surface area (Å²) in [5, 5.41) is 6.25. The molecule has 145 heavy (non-hydrogen) atoms. The Labute approximate surface area is 876 Å². The minimum atomic E-state index is -3.46. The normalized spacial score (nSPS) is 16.8. The highest BCUT2D eigenvalue weighted by Crippen LogP contribution is 2.41. The van der Waals surface area contributed by atoms with Crippen LogP contribution in [0.5, 0.6) is 11.5 Å². The lowest BCUT2D eigenvalue weighted by atomic mass is 9.85. The SMILES string of the molecule is CC1CC1CNc1cc(C(C)(C)C)cc(N(C)S(C)(=O)=O)n1.CC1CC1COc1cc(N(C)S(C)(=O)=O)cc(C(C)(C)C)c1.CCCCN1CCN(CC(C)(C)C)C(=O)C1=O.CCCCN1CCN(CC(C)(C)C)S1(=O)=O.CCCN(CCC)C(=O)c1cc(OC)cc(C(C)(C)C)c1.CCCN(CCC)C(=O)c1cccc(C(C)(C)C)c1.C[C@@H](NC(=O)c1cc(N(C)S(C)(=O)=O)cc(C(C)(C)C)c1)c1ccc(F)cc1. The second-order valence-corrected chi connectivity index (χ2v) is 55.1. The number of carbonyl (C=O) groups is 5. The topological polar surface area (TPSA) is 306 Å². The summed E-state index contributed by atoms with van der Waals surface area (Å²) in [7, 11) is -7.02. The summed E-state index contributed by atoms with van der Waals surface area (Å²) < 4.78 is 127. The quantitative estimate of drug-likeness (QED) is 0.0355. The molecule has 6 aromatic rings. The van der Waals surface area contributed by atoms with Crippen LogP contribution in [0.15, 0.2) is 115 Å². The van der Waals surface area contributed by atoms with Gasteiger partial charge < -0.3 is 39.7 Å². The van der Waals surface area contributed by atoms with E-state index < -0.39 is 40.3 Å². The van der Waals surface area contributed by atoms with Crippen molar-refractivity contribution in [2.75, 3.05) is 157 Å². The Balaban J connectivity index is 0.000000355. The van der Waals surface area contributed by atoms with Crippen molar-refractivity contribution in [3.05, 3.63) is 171 Å². The molecule has 2 saturated carbocycles. The monoisotopic (exact) mass is 2100 g/mol. The van der Waals surface area contributed by atoms with Crippen molar-refractivity contribution in [3.8, 4) is 11.5 Å². The number of benzene rings is 5. The minimum Gasteiger partial charge on any atom is -0.497 e. The molecule has 4 fully saturated rings. The summed E-state index contributed by atoms with van der Waals surface area (Å²) in [5.74, 6) is 4.49. The number of rotatable bonds is 34. The first kappa shape index (κ1) is 128. The van der Waals surface area contributed by atoms with Gasteiger partial charge in [0, 0.05) is 129 Å². The van der Waals surface area contributed by atoms with Gasteiger partial charge in [0.25, 0.3) is 27.9 Å². The fraction of sp³-hybridized carbons (Fsp3) is 0.646. The first-order chi connectivity index (χ1) is 66.6. The molecule has 2 saturated heterocycles. The van der Waals surface area contributed by atoms with Gasteiger partial charge in [0.05, 0.1) is 49.9 Å². The lowest BCUT2D eigenvalue weighted by Crippen LogP contribution is -2.55. The average Bonchev–Trinajstić information content (AvgIpc) is 0.931. The first-order valence-corrected chi connectivity index (χ1v) is 58.8. The molecule has 32 heteroatoms. The van der Waals surface area contributed by atoms with Crippen molar-refractivity contribution < 1.29 is 71.5 Å². The summed E-state index contributed by atoms with van der Waals surface area (Å²) in [6.45, 7) is 73.1. The van der Waals surface area contributed by atoms with Crippen LogP contribution in [0.25, 0.3) is 0 Å². The second kappa shape index (κ2) is 55.0. The summed E-state index contributed by atoms with van der Waals surface area (Å²) in [4.78, 5) is 73.6. The predicted molar refractivity (Wildman–Crippen MR) is 598 cm³/mol. The molecule has 0 spiro atoms. The van der Waals surface area contributed by atoms with Crippen molar-refractivity contribution in [3.63, 3.8) is 0 Å². The zero-order valence-electron chi connectivity index (χ0n) is 95.4. The number of anilines is 4. The van der Waals surface area contributed by atoms with E-state index in [0.29, 0.717) is 93.6 Å². The number of unbranched alkanes of at least 4 members (excludes halogenated alkanes) is 2. The Hall–Kier alpha value is -8.95. The van der Waals surface area contributed by atoms with E-state index in [9.17, 15) is 62.0 Å². The highest BCUT2D eigenvalue weighted by atomic mass is 32.2. The van der Waals surface area contributed by atoms with Crippen LogP contribution in [0.4, 0.5) is 27.4 Å². The van der Waals surface area contributed by atoms with Gasteiger partial charge >= 0.3 is 11.8 Å². The number of ether oxygens (including phenoxy) is 2. The number of nitrogens with one attached hydrogen (secondary N) is 2. The number of sulfonamides is 3. The van der Waals surface area contributed by atoms with Gasteiger partial charge in [-0.05, 0) is 238 Å². The number of carbonyl (C=O) groups excluding carboxylic acids is 5. The average molecular weight is 2100 g/mol. The Morgan fingerprint density at radius 2 is 0.890 bits per heavy atom. The third-order valence-electron chi connectivity index (χ3n) is 25.6. The maximum atomic E-state index is 13.1. The highest BCUT2D eigenvalue weighted by Gasteiger charge is 2.40. The number of aromatic nitrogens is 1. The number of nitrogens with zero attached hydrogens (tertiary/aromatic N) is 10. The van der Waals surface area contributed by atoms with Crippen molar-refractivity contribution >= 4 is 92.8 Å². The molecular weight excluding hydrogens is 1910 g/mol. The smallest absolute Gasteiger partial charge is 0.312 e. The molecule has 3 heterocycles. The Morgan fingerprint density at radius 3 is 1.34 bits per heavy atom. The molecular formula is C113H185FN12O15S4. The number of piperazine rings is 1. The van der Waals surface area contributed by atoms with E-state index in [1.54, 1.807) is 62.9 Å². The van der Waals surface area contributed by atoms with Crippen LogP contribution in [0.1, 0.15) is 342 Å². The zero-order chi connectivity index (χ0) is 111. The molecule has 5 atom stereocenters. The van der Waals surface area contributed by atoms with Gasteiger partial charge in [-0.2, -0.15) is 17.0 Å². The molecule has 10 rings (SSSR count). The fourth-order valence-electron chi connectivity index (χ4n) is 15.6. The van der Waals surface area contributed by atoms with E-state index in [-0.39, 0.29) is 79.3 Å². The van der Waals surface area contributed by atoms with Gasteiger partial charge in [-0.25, -0.2) is 34.6 Å². The molecule has 5 aromatic carbocycles. The standard InChI is InChI=1S/C21H27FN2O3S.C18H29NO2.C17H27NO3S.C17H27NO.C16H27N3O2S.C13H24N2O2.C11H24N2O2S/c1-14(15-7-9-18(22)10-8-15)23-20(25)16-11-17(21(2,3)4)13-19(12-16)24(5)28(6,26)27;1-7-9-19(10-8-2)17(20)14-11-15(18(3,4)5)13-16(12-14)21-6;1-12-7-13(12)11-21-16-9-14(17(2,3)4)8-15(10-16)18(5)22(6,19)20;1-6-11-18(12-7-2)16(19)14-9-8-10-15(13-14)17(3,4)5;1-11-7-12(11)10-17-14-8-13(16(2,3)4)9-15(18-14)19(5)22(6,20)21;1-5-6-7-14-8-9-15(10-13(2,3)4)12(17)11(14)16;1-5-6-7-12-8-9-13(16(12,14)15)10-11(2,3)4/h7-14H,1-6H3,(H,23,25);11-13H,7-10H2,1-6H3;8-10,12-13H,7,11H2,1-6H3;8-10,13H,6-7,11-12H2,1-5H3;8-9,11-12H,7,10H2,1-6H3,(H,17,18);5-10H2,1-4H3;5-10H2,1-4H3/t14-;;;;;;/m1....../s1. The summed E-state index contributed by atoms with van der Waals surface area (Å²) in [6.07, 6.45) is 13.9. The number of amides is 5. The molecule has 1 aromatic heterocycles. The van der Waals surface area contributed by atoms with Crippen LogP contribution in [-0.2, 0) is 76.9 Å². The van der Waals surface area contributed by atoms with Crippen LogP contribution in [0.2, 0.25) is 0 Å². The van der Waals surface area contributed by atoms with Gasteiger partial charge in [0.15, 0.2) is 0 Å². The minimum absolute atomic E-state index is 0.0100. The van der Waals surface area contributed by atoms with Crippen molar-refractivity contribution in [1.82, 2.24) is 38.5 Å². The lowest BCUT2D eigenvalue weighted by molar-refractivity contribution is -0.156. The van der Waals surface area contributed by atoms with Crippen LogP contribution >= 0.6 is 0 Å². The van der Waals surface area contributed by atoms with Crippen LogP contribution in [0.3, 0.4) is 0 Å². The Morgan fingerprint density at radius 1 is 0.476 bits per heavy atom. The third-order valence-corrected chi connectivity index (χ3v) is 31.2. The van der Waals surface area contributed by atoms with E-state index in [4.69, 9.17) is 9.47 Å². The number of hydrogen-bond acceptors (Lipinski definition) is 17. The largest absolute Gasteiger partial charge is 0.497 e. The maximum Gasteiger partial charge on any atom is 0.312 e. The van der Waals surface area contributed by atoms with Crippen molar-refractivity contribution in [1.29, 1.82) is 0 Å². The molecule has 5 amide bonds. The maximum absolute atomic E-state index is 13.1. The van der Waals surface area contributed by atoms with Gasteiger partial charge in [-0.3, -0.25) is 36.9 Å². The van der Waals surface area contributed by atoms with E-state index in [2.05, 4.69) is 202 Å². The third kappa shape index (κ3) is 43.3. The zero-order valence-corrected chi connectivity index (χ0v) is 98.7. The highest BCUT2D eigenvalue weighted by molar-refractivity contribution is 7.92. The van der Waals surface area contributed by atoms with Gasteiger partial charge in [-0.1, -0.05) is 238 Å². The first-order valence-electron chi connectivity index (χ1n) is 51.9. The van der Waals surface area contributed by atoms with E-state index in [1.165, 1.54) is 65.8 Å². The molecule has 0 radical (unpaired) electrons. The van der Waals surface area contributed by atoms with Crippen LogP contribution < -0.4 is 33.0 Å². The van der Waals surface area contributed by atoms with Crippen molar-refractivity contribution in [2.24, 2.45) is 34.5 Å². The number of methoxy groups -OCH3 is 1. The molecule has 2 aliphatic carbocycles.